The average Bonchev–Trinajstić information content (AvgIpc) is 2.23. The Balaban J connectivity index is 2.45. The minimum atomic E-state index is 0.742. The van der Waals surface area contributed by atoms with Crippen LogP contribution >= 0.6 is 0 Å². The second-order valence-corrected chi connectivity index (χ2v) is 3.74. The van der Waals surface area contributed by atoms with Crippen LogP contribution < -0.4 is 5.73 Å². The molecule has 2 N–H and O–H groups in total. The highest BCUT2D eigenvalue weighted by Crippen LogP contribution is 2.19. The summed E-state index contributed by atoms with van der Waals surface area (Å²) in [7, 11) is 0. The van der Waals surface area contributed by atoms with Gasteiger partial charge in [-0.15, -0.1) is 0 Å². The first-order valence-corrected chi connectivity index (χ1v) is 4.97. The highest BCUT2D eigenvalue weighted by Gasteiger charge is 2.00. The molecule has 76 valence electrons. The Kier molecular flexibility index (Phi) is 2.42. The van der Waals surface area contributed by atoms with E-state index >= 15 is 0 Å². The van der Waals surface area contributed by atoms with E-state index in [-0.39, 0.29) is 0 Å². The Labute approximate surface area is 89.8 Å². The van der Waals surface area contributed by atoms with Gasteiger partial charge in [-0.2, -0.15) is 0 Å². The molecule has 0 saturated carbocycles. The minimum absolute atomic E-state index is 0.742. The second kappa shape index (κ2) is 3.73. The quantitative estimate of drug-likeness (QED) is 0.765. The zero-order valence-corrected chi connectivity index (χ0v) is 8.99. The van der Waals surface area contributed by atoms with Gasteiger partial charge in [0, 0.05) is 5.56 Å². The Hall–Kier alpha value is -1.83. The number of hydrogen-bond acceptors (Lipinski definition) is 2. The molecule has 0 aliphatic heterocycles. The molecular formula is C13H14N2. The number of aryl methyl sites for hydroxylation is 2. The standard InChI is InChI=1S/C13H14N2/c1-9-3-5-11(6-4-9)13-8-7-12(14)10(2)15-13/h3-8H,14H2,1-2H3. The van der Waals surface area contributed by atoms with Crippen molar-refractivity contribution in [1.82, 2.24) is 4.98 Å². The monoisotopic (exact) mass is 198 g/mol. The molecule has 2 rings (SSSR count). The SMILES string of the molecule is Cc1ccc(-c2ccc(N)c(C)n2)cc1. The van der Waals surface area contributed by atoms with E-state index in [1.54, 1.807) is 0 Å². The van der Waals surface area contributed by atoms with Crippen LogP contribution in [0, 0.1) is 13.8 Å². The number of nitrogens with two attached hydrogens (primary N) is 1. The highest BCUT2D eigenvalue weighted by molar-refractivity contribution is 5.62. The molecule has 2 heteroatoms. The third-order valence-corrected chi connectivity index (χ3v) is 2.47. The largest absolute Gasteiger partial charge is 0.397 e. The van der Waals surface area contributed by atoms with E-state index in [9.17, 15) is 0 Å². The van der Waals surface area contributed by atoms with Gasteiger partial charge in [-0.3, -0.25) is 4.98 Å². The molecule has 1 aromatic carbocycles. The van der Waals surface area contributed by atoms with Crippen LogP contribution in [-0.2, 0) is 0 Å². The molecule has 2 nitrogen and oxygen atoms in total. The normalized spacial score (nSPS) is 10.3. The number of nitrogen functional groups attached to an aromatic ring is 1. The Morgan fingerprint density at radius 1 is 0.933 bits per heavy atom. The summed E-state index contributed by atoms with van der Waals surface area (Å²) < 4.78 is 0. The Morgan fingerprint density at radius 2 is 1.60 bits per heavy atom. The maximum Gasteiger partial charge on any atom is 0.0706 e. The van der Waals surface area contributed by atoms with Gasteiger partial charge < -0.3 is 5.73 Å². The van der Waals surface area contributed by atoms with E-state index < -0.39 is 0 Å². The number of anilines is 1. The van der Waals surface area contributed by atoms with Crippen molar-refractivity contribution in [1.29, 1.82) is 0 Å². The topological polar surface area (TPSA) is 38.9 Å². The molecule has 0 saturated heterocycles. The summed E-state index contributed by atoms with van der Waals surface area (Å²) in [4.78, 5) is 4.45. The van der Waals surface area contributed by atoms with Crippen LogP contribution in [0.25, 0.3) is 11.3 Å². The average molecular weight is 198 g/mol. The van der Waals surface area contributed by atoms with Crippen molar-refractivity contribution in [2.24, 2.45) is 0 Å². The molecule has 15 heavy (non-hydrogen) atoms. The van der Waals surface area contributed by atoms with Crippen molar-refractivity contribution >= 4 is 5.69 Å². The summed E-state index contributed by atoms with van der Waals surface area (Å²) >= 11 is 0. The number of hydrogen-bond donors (Lipinski definition) is 1. The summed E-state index contributed by atoms with van der Waals surface area (Å²) in [5.41, 5.74) is 10.7. The lowest BCUT2D eigenvalue weighted by atomic mass is 10.1. The second-order valence-electron chi connectivity index (χ2n) is 3.74. The molecule has 2 aromatic rings. The van der Waals surface area contributed by atoms with Crippen molar-refractivity contribution in [3.05, 3.63) is 47.7 Å². The number of pyridine rings is 1. The predicted molar refractivity (Wildman–Crippen MR) is 63.6 cm³/mol. The molecule has 0 spiro atoms. The first-order valence-electron chi connectivity index (χ1n) is 4.97. The van der Waals surface area contributed by atoms with Gasteiger partial charge in [-0.1, -0.05) is 29.8 Å². The Morgan fingerprint density at radius 3 is 2.20 bits per heavy atom. The number of rotatable bonds is 1. The van der Waals surface area contributed by atoms with Crippen LogP contribution in [0.5, 0.6) is 0 Å². The minimum Gasteiger partial charge on any atom is -0.397 e. The van der Waals surface area contributed by atoms with Crippen LogP contribution in [0.1, 0.15) is 11.3 Å². The van der Waals surface area contributed by atoms with Crippen LogP contribution in [0.3, 0.4) is 0 Å². The van der Waals surface area contributed by atoms with Gasteiger partial charge in [-0.25, -0.2) is 0 Å². The maximum atomic E-state index is 5.73. The summed E-state index contributed by atoms with van der Waals surface area (Å²) in [6.07, 6.45) is 0. The smallest absolute Gasteiger partial charge is 0.0706 e. The highest BCUT2D eigenvalue weighted by atomic mass is 14.7. The predicted octanol–water partition coefficient (Wildman–Crippen LogP) is 2.95. The molecule has 0 amide bonds. The first-order chi connectivity index (χ1) is 7.16. The van der Waals surface area contributed by atoms with Crippen molar-refractivity contribution < 1.29 is 0 Å². The van der Waals surface area contributed by atoms with E-state index in [0.29, 0.717) is 0 Å². The fourth-order valence-electron chi connectivity index (χ4n) is 1.46. The molecule has 1 aromatic heterocycles. The first kappa shape index (κ1) is 9.71. The van der Waals surface area contributed by atoms with Crippen molar-refractivity contribution in [3.8, 4) is 11.3 Å². The van der Waals surface area contributed by atoms with Crippen molar-refractivity contribution in [3.63, 3.8) is 0 Å². The molecule has 0 unspecified atom stereocenters. The van der Waals surface area contributed by atoms with Gasteiger partial charge in [0.15, 0.2) is 0 Å². The van der Waals surface area contributed by atoms with Gasteiger partial charge in [0.1, 0.15) is 0 Å². The molecule has 0 atom stereocenters. The lowest BCUT2D eigenvalue weighted by Gasteiger charge is -2.04. The van der Waals surface area contributed by atoms with Crippen molar-refractivity contribution in [2.45, 2.75) is 13.8 Å². The lowest BCUT2D eigenvalue weighted by Crippen LogP contribution is -1.94. The van der Waals surface area contributed by atoms with Crippen LogP contribution in [0.15, 0.2) is 36.4 Å². The van der Waals surface area contributed by atoms with E-state index in [0.717, 1.165) is 22.6 Å². The summed E-state index contributed by atoms with van der Waals surface area (Å²) in [6, 6.07) is 12.2. The van der Waals surface area contributed by atoms with Crippen LogP contribution in [0.4, 0.5) is 5.69 Å². The van der Waals surface area contributed by atoms with Gasteiger partial charge in [0.2, 0.25) is 0 Å². The van der Waals surface area contributed by atoms with Gasteiger partial charge >= 0.3 is 0 Å². The third kappa shape index (κ3) is 1.99. The molecule has 0 aliphatic carbocycles. The zero-order chi connectivity index (χ0) is 10.8. The fraction of sp³-hybridized carbons (Fsp3) is 0.154. The van der Waals surface area contributed by atoms with Crippen LogP contribution in [-0.4, -0.2) is 4.98 Å². The van der Waals surface area contributed by atoms with E-state index in [1.807, 2.05) is 19.1 Å². The van der Waals surface area contributed by atoms with Gasteiger partial charge in [0.25, 0.3) is 0 Å². The summed E-state index contributed by atoms with van der Waals surface area (Å²) in [6.45, 7) is 4.00. The molecule has 0 aliphatic rings. The van der Waals surface area contributed by atoms with E-state index in [1.165, 1.54) is 5.56 Å². The fourth-order valence-corrected chi connectivity index (χ4v) is 1.46. The number of nitrogens with zero attached hydrogens (tertiary/aromatic N) is 1. The maximum absolute atomic E-state index is 5.73. The summed E-state index contributed by atoms with van der Waals surface area (Å²) in [5.74, 6) is 0. The Bertz CT molecular complexity index is 472. The molecule has 0 fully saturated rings. The van der Waals surface area contributed by atoms with Gasteiger partial charge in [-0.05, 0) is 26.0 Å². The number of aromatic nitrogens is 1. The zero-order valence-electron chi connectivity index (χ0n) is 8.99. The molecule has 0 radical (unpaired) electrons. The van der Waals surface area contributed by atoms with E-state index in [2.05, 4.69) is 36.2 Å². The molecule has 1 heterocycles. The van der Waals surface area contributed by atoms with Crippen LogP contribution in [0.2, 0.25) is 0 Å². The number of benzene rings is 1. The molecular weight excluding hydrogens is 184 g/mol. The lowest BCUT2D eigenvalue weighted by molar-refractivity contribution is 1.21. The third-order valence-electron chi connectivity index (χ3n) is 2.47. The summed E-state index contributed by atoms with van der Waals surface area (Å²) in [5, 5.41) is 0. The molecule has 0 bridgehead atoms. The van der Waals surface area contributed by atoms with Crippen molar-refractivity contribution in [2.75, 3.05) is 5.73 Å². The van der Waals surface area contributed by atoms with Gasteiger partial charge in [0.05, 0.1) is 17.1 Å². The van der Waals surface area contributed by atoms with E-state index in [4.69, 9.17) is 5.73 Å².